The normalized spacial score (nSPS) is 15.0. The van der Waals surface area contributed by atoms with Crippen LogP contribution in [0.1, 0.15) is 15.9 Å². The SMILES string of the molecule is O=C(NC[C@H]1COc2ccccc2O1)c1ccc(CSc2ccc(Cl)cc2)cc1. The molecule has 1 amide bonds. The van der Waals surface area contributed by atoms with Crippen molar-refractivity contribution in [2.24, 2.45) is 0 Å². The highest BCUT2D eigenvalue weighted by Gasteiger charge is 2.21. The Morgan fingerprint density at radius 1 is 1.00 bits per heavy atom. The molecule has 1 atom stereocenters. The Bertz CT molecular complexity index is 976. The lowest BCUT2D eigenvalue weighted by atomic mass is 10.1. The second-order valence-corrected chi connectivity index (χ2v) is 8.13. The number of amides is 1. The van der Waals surface area contributed by atoms with Gasteiger partial charge in [0.1, 0.15) is 12.7 Å². The second kappa shape index (κ2) is 9.25. The van der Waals surface area contributed by atoms with Crippen molar-refractivity contribution >= 4 is 29.3 Å². The number of benzene rings is 3. The molecule has 0 spiro atoms. The van der Waals surface area contributed by atoms with Gasteiger partial charge in [0.15, 0.2) is 11.5 Å². The van der Waals surface area contributed by atoms with Crippen molar-refractivity contribution in [1.29, 1.82) is 0 Å². The lowest BCUT2D eigenvalue weighted by molar-refractivity contribution is 0.0789. The van der Waals surface area contributed by atoms with Crippen LogP contribution >= 0.6 is 23.4 Å². The van der Waals surface area contributed by atoms with Gasteiger partial charge in [-0.05, 0) is 54.1 Å². The zero-order chi connectivity index (χ0) is 20.1. The van der Waals surface area contributed by atoms with Crippen molar-refractivity contribution in [2.75, 3.05) is 13.2 Å². The van der Waals surface area contributed by atoms with E-state index in [4.69, 9.17) is 21.1 Å². The molecule has 0 unspecified atom stereocenters. The molecule has 0 saturated heterocycles. The van der Waals surface area contributed by atoms with Crippen molar-refractivity contribution in [3.05, 3.63) is 88.9 Å². The number of para-hydroxylation sites is 2. The quantitative estimate of drug-likeness (QED) is 0.551. The summed E-state index contributed by atoms with van der Waals surface area (Å²) in [6.07, 6.45) is -0.205. The van der Waals surface area contributed by atoms with E-state index in [0.717, 1.165) is 27.0 Å². The third kappa shape index (κ3) is 5.25. The summed E-state index contributed by atoms with van der Waals surface area (Å²) in [4.78, 5) is 13.6. The van der Waals surface area contributed by atoms with Crippen LogP contribution in [0.3, 0.4) is 0 Å². The average molecular weight is 426 g/mol. The van der Waals surface area contributed by atoms with Crippen molar-refractivity contribution < 1.29 is 14.3 Å². The number of fused-ring (bicyclic) bond motifs is 1. The fourth-order valence-electron chi connectivity index (χ4n) is 2.92. The summed E-state index contributed by atoms with van der Waals surface area (Å²) >= 11 is 7.64. The molecule has 1 aliphatic rings. The monoisotopic (exact) mass is 425 g/mol. The van der Waals surface area contributed by atoms with E-state index in [9.17, 15) is 4.79 Å². The summed E-state index contributed by atoms with van der Waals surface area (Å²) in [6, 6.07) is 23.0. The molecular formula is C23H20ClNO3S. The van der Waals surface area contributed by atoms with Crippen LogP contribution in [0.5, 0.6) is 11.5 Å². The highest BCUT2D eigenvalue weighted by atomic mass is 35.5. The molecule has 1 N–H and O–H groups in total. The molecule has 4 nitrogen and oxygen atoms in total. The maximum atomic E-state index is 12.4. The predicted octanol–water partition coefficient (Wildman–Crippen LogP) is 5.20. The number of nitrogens with one attached hydrogen (secondary N) is 1. The van der Waals surface area contributed by atoms with Crippen LogP contribution in [0.4, 0.5) is 0 Å². The Balaban J connectivity index is 1.26. The third-order valence-corrected chi connectivity index (χ3v) is 5.83. The van der Waals surface area contributed by atoms with Gasteiger partial charge in [-0.25, -0.2) is 0 Å². The maximum Gasteiger partial charge on any atom is 0.251 e. The number of hydrogen-bond acceptors (Lipinski definition) is 4. The van der Waals surface area contributed by atoms with Crippen LogP contribution in [0.2, 0.25) is 5.02 Å². The van der Waals surface area contributed by atoms with Crippen LogP contribution in [0.25, 0.3) is 0 Å². The smallest absolute Gasteiger partial charge is 0.251 e. The van der Waals surface area contributed by atoms with E-state index >= 15 is 0 Å². The van der Waals surface area contributed by atoms with E-state index in [-0.39, 0.29) is 12.0 Å². The standard InChI is InChI=1S/C23H20ClNO3S/c24-18-9-11-20(12-10-18)29-15-16-5-7-17(8-6-16)23(26)25-13-19-14-27-21-3-1-2-4-22(21)28-19/h1-12,19H,13-15H2,(H,25,26)/t19-/m0/s1. The Labute approximate surface area is 179 Å². The topological polar surface area (TPSA) is 47.6 Å². The first-order valence-electron chi connectivity index (χ1n) is 9.31. The lowest BCUT2D eigenvalue weighted by Gasteiger charge is -2.26. The van der Waals surface area contributed by atoms with Crippen LogP contribution < -0.4 is 14.8 Å². The van der Waals surface area contributed by atoms with Crippen molar-refractivity contribution in [2.45, 2.75) is 16.8 Å². The minimum Gasteiger partial charge on any atom is -0.486 e. The number of thioether (sulfide) groups is 1. The zero-order valence-electron chi connectivity index (χ0n) is 15.6. The number of halogens is 1. The van der Waals surface area contributed by atoms with Gasteiger partial charge in [-0.1, -0.05) is 35.9 Å². The molecule has 1 aliphatic heterocycles. The van der Waals surface area contributed by atoms with E-state index < -0.39 is 0 Å². The molecule has 0 saturated carbocycles. The fourth-order valence-corrected chi connectivity index (χ4v) is 3.90. The molecule has 0 radical (unpaired) electrons. The molecule has 29 heavy (non-hydrogen) atoms. The Morgan fingerprint density at radius 2 is 1.72 bits per heavy atom. The van der Waals surface area contributed by atoms with E-state index in [1.54, 1.807) is 11.8 Å². The summed E-state index contributed by atoms with van der Waals surface area (Å²) in [7, 11) is 0. The van der Waals surface area contributed by atoms with Crippen LogP contribution in [-0.2, 0) is 5.75 Å². The van der Waals surface area contributed by atoms with Gasteiger partial charge in [-0.2, -0.15) is 0 Å². The van der Waals surface area contributed by atoms with E-state index in [0.29, 0.717) is 24.5 Å². The summed E-state index contributed by atoms with van der Waals surface area (Å²) in [6.45, 7) is 0.805. The molecule has 0 bridgehead atoms. The Kier molecular flexibility index (Phi) is 6.27. The molecule has 6 heteroatoms. The van der Waals surface area contributed by atoms with Gasteiger partial charge in [0.05, 0.1) is 6.54 Å². The molecule has 0 aromatic heterocycles. The first-order valence-corrected chi connectivity index (χ1v) is 10.7. The molecule has 3 aromatic carbocycles. The van der Waals surface area contributed by atoms with Crippen LogP contribution in [0.15, 0.2) is 77.7 Å². The van der Waals surface area contributed by atoms with E-state index in [1.165, 1.54) is 0 Å². The van der Waals surface area contributed by atoms with Crippen molar-refractivity contribution in [3.8, 4) is 11.5 Å². The first kappa shape index (κ1) is 19.7. The molecule has 4 rings (SSSR count). The van der Waals surface area contributed by atoms with Crippen molar-refractivity contribution in [1.82, 2.24) is 5.32 Å². The third-order valence-electron chi connectivity index (χ3n) is 4.49. The zero-order valence-corrected chi connectivity index (χ0v) is 17.2. The highest BCUT2D eigenvalue weighted by molar-refractivity contribution is 7.98. The summed E-state index contributed by atoms with van der Waals surface area (Å²) in [5, 5.41) is 3.66. The van der Waals surface area contributed by atoms with E-state index in [1.807, 2.05) is 72.8 Å². The van der Waals surface area contributed by atoms with Crippen LogP contribution in [0, 0.1) is 0 Å². The van der Waals surface area contributed by atoms with Gasteiger partial charge in [-0.15, -0.1) is 11.8 Å². The fraction of sp³-hybridized carbons (Fsp3) is 0.174. The van der Waals surface area contributed by atoms with Gasteiger partial charge >= 0.3 is 0 Å². The lowest BCUT2D eigenvalue weighted by Crippen LogP contribution is -2.40. The second-order valence-electron chi connectivity index (χ2n) is 6.65. The summed E-state index contributed by atoms with van der Waals surface area (Å²) in [5.74, 6) is 2.16. The summed E-state index contributed by atoms with van der Waals surface area (Å²) in [5.41, 5.74) is 1.78. The number of carbonyl (C=O) groups excluding carboxylic acids is 1. The summed E-state index contributed by atoms with van der Waals surface area (Å²) < 4.78 is 11.5. The minimum atomic E-state index is -0.205. The van der Waals surface area contributed by atoms with Gasteiger partial charge < -0.3 is 14.8 Å². The van der Waals surface area contributed by atoms with Crippen LogP contribution in [-0.4, -0.2) is 25.2 Å². The highest BCUT2D eigenvalue weighted by Crippen LogP contribution is 2.30. The van der Waals surface area contributed by atoms with Gasteiger partial charge in [0.2, 0.25) is 0 Å². The molecule has 0 aliphatic carbocycles. The number of rotatable bonds is 6. The minimum absolute atomic E-state index is 0.121. The Morgan fingerprint density at radius 3 is 2.48 bits per heavy atom. The first-order chi connectivity index (χ1) is 14.2. The predicted molar refractivity (Wildman–Crippen MR) is 116 cm³/mol. The Hall–Kier alpha value is -2.63. The number of hydrogen-bond donors (Lipinski definition) is 1. The van der Waals surface area contributed by atoms with E-state index in [2.05, 4.69) is 5.32 Å². The van der Waals surface area contributed by atoms with Gasteiger partial charge in [0, 0.05) is 21.2 Å². The molecule has 0 fully saturated rings. The van der Waals surface area contributed by atoms with Gasteiger partial charge in [-0.3, -0.25) is 4.79 Å². The molecule has 148 valence electrons. The largest absolute Gasteiger partial charge is 0.486 e. The molecule has 3 aromatic rings. The number of ether oxygens (including phenoxy) is 2. The van der Waals surface area contributed by atoms with Crippen molar-refractivity contribution in [3.63, 3.8) is 0 Å². The molecular weight excluding hydrogens is 406 g/mol. The average Bonchev–Trinajstić information content (AvgIpc) is 2.77. The maximum absolute atomic E-state index is 12.4. The molecule has 1 heterocycles. The number of carbonyl (C=O) groups is 1. The van der Waals surface area contributed by atoms with Gasteiger partial charge in [0.25, 0.3) is 5.91 Å².